The van der Waals surface area contributed by atoms with Gasteiger partial charge in [0.1, 0.15) is 5.82 Å². The van der Waals surface area contributed by atoms with E-state index in [1.54, 1.807) is 0 Å². The average Bonchev–Trinajstić information content (AvgIpc) is 3.33. The van der Waals surface area contributed by atoms with Crippen LogP contribution in [0.5, 0.6) is 0 Å². The van der Waals surface area contributed by atoms with Crippen molar-refractivity contribution in [2.45, 2.75) is 18.9 Å². The van der Waals surface area contributed by atoms with Crippen molar-refractivity contribution in [2.75, 3.05) is 13.1 Å². The highest BCUT2D eigenvalue weighted by molar-refractivity contribution is 5.83. The van der Waals surface area contributed by atoms with Crippen molar-refractivity contribution in [1.29, 1.82) is 0 Å². The highest BCUT2D eigenvalue weighted by atomic mass is 15.2. The second-order valence-corrected chi connectivity index (χ2v) is 6.72. The minimum Gasteiger partial charge on any atom is -0.361 e. The second-order valence-electron chi connectivity index (χ2n) is 6.72. The van der Waals surface area contributed by atoms with Crippen molar-refractivity contribution in [3.63, 3.8) is 0 Å². The van der Waals surface area contributed by atoms with Crippen LogP contribution >= 0.6 is 0 Å². The van der Waals surface area contributed by atoms with Gasteiger partial charge in [0.05, 0.1) is 11.0 Å². The maximum Gasteiger partial charge on any atom is 0.111 e. The number of aromatic nitrogens is 3. The van der Waals surface area contributed by atoms with Crippen LogP contribution in [0.25, 0.3) is 21.9 Å². The molecule has 3 heterocycles. The zero-order valence-corrected chi connectivity index (χ0v) is 13.5. The van der Waals surface area contributed by atoms with Crippen molar-refractivity contribution in [3.8, 4) is 0 Å². The van der Waals surface area contributed by atoms with E-state index in [1.807, 2.05) is 6.07 Å². The van der Waals surface area contributed by atoms with Crippen LogP contribution in [0.4, 0.5) is 0 Å². The highest BCUT2D eigenvalue weighted by Crippen LogP contribution is 2.29. The van der Waals surface area contributed by atoms with E-state index in [4.69, 9.17) is 4.98 Å². The van der Waals surface area contributed by atoms with Gasteiger partial charge in [-0.3, -0.25) is 4.90 Å². The largest absolute Gasteiger partial charge is 0.361 e. The lowest BCUT2D eigenvalue weighted by Crippen LogP contribution is -2.19. The Morgan fingerprint density at radius 3 is 2.79 bits per heavy atom. The van der Waals surface area contributed by atoms with Crippen LogP contribution in [0.1, 0.15) is 23.7 Å². The van der Waals surface area contributed by atoms with Gasteiger partial charge in [-0.2, -0.15) is 0 Å². The summed E-state index contributed by atoms with van der Waals surface area (Å²) in [4.78, 5) is 14.2. The molecule has 1 fully saturated rings. The Balaban J connectivity index is 1.35. The summed E-state index contributed by atoms with van der Waals surface area (Å²) in [6, 6.07) is 16.8. The van der Waals surface area contributed by atoms with E-state index < -0.39 is 0 Å². The first kappa shape index (κ1) is 13.8. The van der Waals surface area contributed by atoms with Crippen LogP contribution in [0, 0.1) is 0 Å². The highest BCUT2D eigenvalue weighted by Gasteiger charge is 2.26. The van der Waals surface area contributed by atoms with E-state index in [1.165, 1.54) is 22.9 Å². The van der Waals surface area contributed by atoms with E-state index in [2.05, 4.69) is 63.5 Å². The number of aromatic amines is 2. The summed E-state index contributed by atoms with van der Waals surface area (Å²) in [7, 11) is 0. The fraction of sp³-hybridized carbons (Fsp3) is 0.250. The normalized spacial score (nSPS) is 18.8. The molecule has 4 nitrogen and oxygen atoms in total. The number of nitrogens with zero attached hydrogens (tertiary/aromatic N) is 2. The fourth-order valence-electron chi connectivity index (χ4n) is 3.87. The van der Waals surface area contributed by atoms with Gasteiger partial charge in [0.2, 0.25) is 0 Å². The summed E-state index contributed by atoms with van der Waals surface area (Å²) in [5.74, 6) is 1.64. The molecule has 0 amide bonds. The van der Waals surface area contributed by atoms with Crippen molar-refractivity contribution < 1.29 is 0 Å². The molecule has 24 heavy (non-hydrogen) atoms. The van der Waals surface area contributed by atoms with Crippen molar-refractivity contribution >= 4 is 21.9 Å². The first-order valence-electron chi connectivity index (χ1n) is 8.59. The predicted octanol–water partition coefficient (Wildman–Crippen LogP) is 4.03. The topological polar surface area (TPSA) is 47.7 Å². The molecule has 1 aliphatic rings. The van der Waals surface area contributed by atoms with Crippen LogP contribution in [0.15, 0.2) is 54.7 Å². The molecule has 4 heteroatoms. The van der Waals surface area contributed by atoms with Gasteiger partial charge in [-0.15, -0.1) is 0 Å². The van der Waals surface area contributed by atoms with Crippen LogP contribution in [0.3, 0.4) is 0 Å². The summed E-state index contributed by atoms with van der Waals surface area (Å²) in [5, 5.41) is 1.34. The van der Waals surface area contributed by atoms with E-state index in [0.717, 1.165) is 36.5 Å². The van der Waals surface area contributed by atoms with Gasteiger partial charge in [0.15, 0.2) is 0 Å². The Kier molecular flexibility index (Phi) is 3.16. The second kappa shape index (κ2) is 5.49. The number of fused-ring (bicyclic) bond motifs is 2. The molecule has 1 atom stereocenters. The molecule has 2 aromatic carbocycles. The lowest BCUT2D eigenvalue weighted by molar-refractivity contribution is 0.327. The molecule has 0 bridgehead atoms. The first-order valence-corrected chi connectivity index (χ1v) is 8.59. The molecule has 120 valence electrons. The molecule has 1 saturated heterocycles. The monoisotopic (exact) mass is 316 g/mol. The van der Waals surface area contributed by atoms with Gasteiger partial charge in [-0.05, 0) is 36.7 Å². The molecular weight excluding hydrogens is 296 g/mol. The summed E-state index contributed by atoms with van der Waals surface area (Å²) >= 11 is 0. The maximum atomic E-state index is 4.79. The summed E-state index contributed by atoms with van der Waals surface area (Å²) in [6.07, 6.45) is 3.32. The van der Waals surface area contributed by atoms with Crippen LogP contribution in [-0.4, -0.2) is 32.9 Å². The number of para-hydroxylation sites is 3. The molecule has 2 aromatic heterocycles. The minimum absolute atomic E-state index is 0.502. The third kappa shape index (κ3) is 2.31. The Hall–Kier alpha value is -2.59. The Bertz CT molecular complexity index is 964. The molecule has 4 aromatic rings. The molecule has 0 aliphatic carbocycles. The number of hydrogen-bond donors (Lipinski definition) is 2. The quantitative estimate of drug-likeness (QED) is 0.599. The standard InChI is InChI=1S/C20H20N4/c1-2-6-17-16(5-1)15(11-21-17)13-24-10-9-14(12-24)20-22-18-7-3-4-8-19(18)23-20/h1-8,11,14,21H,9-10,12-13H2,(H,22,23). The third-order valence-electron chi connectivity index (χ3n) is 5.14. The van der Waals surface area contributed by atoms with E-state index in [-0.39, 0.29) is 0 Å². The maximum absolute atomic E-state index is 4.79. The molecular formula is C20H20N4. The van der Waals surface area contributed by atoms with Gasteiger partial charge in [-0.1, -0.05) is 30.3 Å². The van der Waals surface area contributed by atoms with Gasteiger partial charge in [0, 0.05) is 36.1 Å². The van der Waals surface area contributed by atoms with E-state index >= 15 is 0 Å². The number of benzene rings is 2. The third-order valence-corrected chi connectivity index (χ3v) is 5.14. The molecule has 1 aliphatic heterocycles. The molecule has 2 N–H and O–H groups in total. The van der Waals surface area contributed by atoms with E-state index in [0.29, 0.717) is 5.92 Å². The van der Waals surface area contributed by atoms with Gasteiger partial charge >= 0.3 is 0 Å². The zero-order chi connectivity index (χ0) is 15.9. The molecule has 0 radical (unpaired) electrons. The summed E-state index contributed by atoms with van der Waals surface area (Å²) in [5.41, 5.74) is 4.82. The number of rotatable bonds is 3. The van der Waals surface area contributed by atoms with Crippen LogP contribution < -0.4 is 0 Å². The predicted molar refractivity (Wildman–Crippen MR) is 97.0 cm³/mol. The number of imidazole rings is 1. The zero-order valence-electron chi connectivity index (χ0n) is 13.5. The summed E-state index contributed by atoms with van der Waals surface area (Å²) in [6.45, 7) is 3.20. The minimum atomic E-state index is 0.502. The number of nitrogens with one attached hydrogen (secondary N) is 2. The van der Waals surface area contributed by atoms with Gasteiger partial charge in [0.25, 0.3) is 0 Å². The van der Waals surface area contributed by atoms with Crippen LogP contribution in [-0.2, 0) is 6.54 Å². The lowest BCUT2D eigenvalue weighted by Gasteiger charge is -2.14. The number of likely N-dealkylation sites (tertiary alicyclic amines) is 1. The molecule has 0 saturated carbocycles. The first-order chi connectivity index (χ1) is 11.9. The van der Waals surface area contributed by atoms with Crippen molar-refractivity contribution in [2.24, 2.45) is 0 Å². The Morgan fingerprint density at radius 1 is 1.04 bits per heavy atom. The van der Waals surface area contributed by atoms with Crippen LogP contribution in [0.2, 0.25) is 0 Å². The van der Waals surface area contributed by atoms with Crippen molar-refractivity contribution in [3.05, 3.63) is 66.1 Å². The average molecular weight is 316 g/mol. The Morgan fingerprint density at radius 2 is 1.88 bits per heavy atom. The smallest absolute Gasteiger partial charge is 0.111 e. The molecule has 0 spiro atoms. The number of H-pyrrole nitrogens is 2. The molecule has 5 rings (SSSR count). The number of hydrogen-bond acceptors (Lipinski definition) is 2. The van der Waals surface area contributed by atoms with E-state index in [9.17, 15) is 0 Å². The van der Waals surface area contributed by atoms with Crippen molar-refractivity contribution in [1.82, 2.24) is 19.9 Å². The Labute approximate surface area is 140 Å². The van der Waals surface area contributed by atoms with Gasteiger partial charge in [-0.25, -0.2) is 4.98 Å². The summed E-state index contributed by atoms with van der Waals surface area (Å²) < 4.78 is 0. The SMILES string of the molecule is c1ccc2[nH]c(C3CCN(Cc4c[nH]c5ccccc45)C3)nc2c1. The fourth-order valence-corrected chi connectivity index (χ4v) is 3.87. The lowest BCUT2D eigenvalue weighted by atomic mass is 10.1. The molecule has 1 unspecified atom stereocenters. The van der Waals surface area contributed by atoms with Gasteiger partial charge < -0.3 is 9.97 Å².